The van der Waals surface area contributed by atoms with Crippen LogP contribution < -0.4 is 10.9 Å². The molecule has 19 heavy (non-hydrogen) atoms. The Kier molecular flexibility index (Phi) is 3.62. The highest BCUT2D eigenvalue weighted by Gasteiger charge is 2.13. The minimum Gasteiger partial charge on any atom is -0.425 e. The molecule has 0 spiro atoms. The SMILES string of the molecule is CC(C)(C)Nc1nc(=O)cc(-c2ccc(Cl)cc2)o1. The molecular formula is C14H15ClN2O2. The van der Waals surface area contributed by atoms with E-state index in [9.17, 15) is 4.79 Å². The predicted molar refractivity (Wildman–Crippen MR) is 76.6 cm³/mol. The van der Waals surface area contributed by atoms with Gasteiger partial charge < -0.3 is 9.73 Å². The lowest BCUT2D eigenvalue weighted by atomic mass is 10.1. The molecule has 1 heterocycles. The van der Waals surface area contributed by atoms with E-state index in [0.29, 0.717) is 10.8 Å². The van der Waals surface area contributed by atoms with Crippen molar-refractivity contribution >= 4 is 17.6 Å². The Balaban J connectivity index is 2.42. The summed E-state index contributed by atoms with van der Waals surface area (Å²) >= 11 is 5.83. The lowest BCUT2D eigenvalue weighted by Gasteiger charge is -2.19. The highest BCUT2D eigenvalue weighted by Crippen LogP contribution is 2.22. The summed E-state index contributed by atoms with van der Waals surface area (Å²) in [6, 6.07) is 8.65. The van der Waals surface area contributed by atoms with Crippen molar-refractivity contribution in [3.05, 3.63) is 45.7 Å². The summed E-state index contributed by atoms with van der Waals surface area (Å²) in [5.74, 6) is 0.461. The molecule has 100 valence electrons. The van der Waals surface area contributed by atoms with Gasteiger partial charge in [0.2, 0.25) is 0 Å². The first-order valence-corrected chi connectivity index (χ1v) is 6.28. The highest BCUT2D eigenvalue weighted by atomic mass is 35.5. The fourth-order valence-corrected chi connectivity index (χ4v) is 1.66. The molecule has 0 aliphatic heterocycles. The van der Waals surface area contributed by atoms with Gasteiger partial charge in [0.15, 0.2) is 0 Å². The van der Waals surface area contributed by atoms with E-state index in [1.165, 1.54) is 6.07 Å². The Labute approximate surface area is 116 Å². The summed E-state index contributed by atoms with van der Waals surface area (Å²) in [6.45, 7) is 5.89. The second-order valence-electron chi connectivity index (χ2n) is 5.25. The largest absolute Gasteiger partial charge is 0.425 e. The molecule has 5 heteroatoms. The molecule has 2 aromatic rings. The van der Waals surface area contributed by atoms with Gasteiger partial charge in [0.25, 0.3) is 11.6 Å². The maximum atomic E-state index is 11.6. The van der Waals surface area contributed by atoms with Crippen LogP contribution in [0.15, 0.2) is 39.5 Å². The van der Waals surface area contributed by atoms with Crippen LogP contribution in [0.25, 0.3) is 11.3 Å². The van der Waals surface area contributed by atoms with E-state index in [4.69, 9.17) is 16.0 Å². The van der Waals surface area contributed by atoms with Crippen molar-refractivity contribution in [1.82, 2.24) is 4.98 Å². The first kappa shape index (κ1) is 13.6. The number of nitrogens with zero attached hydrogens (tertiary/aromatic N) is 1. The molecule has 0 saturated heterocycles. The predicted octanol–water partition coefficient (Wildman–Crippen LogP) is 3.57. The van der Waals surface area contributed by atoms with Gasteiger partial charge in [-0.05, 0) is 45.0 Å². The van der Waals surface area contributed by atoms with E-state index in [0.717, 1.165) is 5.56 Å². The summed E-state index contributed by atoms with van der Waals surface area (Å²) in [4.78, 5) is 15.4. The molecule has 0 aliphatic carbocycles. The highest BCUT2D eigenvalue weighted by molar-refractivity contribution is 6.30. The Hall–Kier alpha value is -1.81. The van der Waals surface area contributed by atoms with Crippen molar-refractivity contribution in [2.24, 2.45) is 0 Å². The summed E-state index contributed by atoms with van der Waals surface area (Å²) in [7, 11) is 0. The summed E-state index contributed by atoms with van der Waals surface area (Å²) in [5.41, 5.74) is 0.200. The minimum absolute atomic E-state index is 0.213. The van der Waals surface area contributed by atoms with E-state index in [-0.39, 0.29) is 17.1 Å². The first-order valence-electron chi connectivity index (χ1n) is 5.90. The number of nitrogens with one attached hydrogen (secondary N) is 1. The maximum Gasteiger partial charge on any atom is 0.298 e. The molecule has 0 radical (unpaired) electrons. The lowest BCUT2D eigenvalue weighted by Crippen LogP contribution is -2.27. The molecule has 0 atom stereocenters. The molecule has 0 unspecified atom stereocenters. The minimum atomic E-state index is -0.344. The topological polar surface area (TPSA) is 55.1 Å². The van der Waals surface area contributed by atoms with Gasteiger partial charge in [0.05, 0.1) is 0 Å². The van der Waals surface area contributed by atoms with Crippen LogP contribution in [0.4, 0.5) is 6.01 Å². The van der Waals surface area contributed by atoms with Gasteiger partial charge in [-0.15, -0.1) is 0 Å². The zero-order valence-corrected chi connectivity index (χ0v) is 11.8. The van der Waals surface area contributed by atoms with Gasteiger partial charge in [-0.3, -0.25) is 4.79 Å². The van der Waals surface area contributed by atoms with Crippen molar-refractivity contribution in [1.29, 1.82) is 0 Å². The molecule has 1 aromatic heterocycles. The van der Waals surface area contributed by atoms with Crippen molar-refractivity contribution in [3.63, 3.8) is 0 Å². The van der Waals surface area contributed by atoms with Gasteiger partial charge in [0.1, 0.15) is 5.76 Å². The van der Waals surface area contributed by atoms with E-state index in [2.05, 4.69) is 10.3 Å². The third-order valence-corrected chi connectivity index (χ3v) is 2.54. The molecule has 0 bridgehead atoms. The Bertz CT molecular complexity index is 627. The smallest absolute Gasteiger partial charge is 0.298 e. The Morgan fingerprint density at radius 2 is 1.84 bits per heavy atom. The fourth-order valence-electron chi connectivity index (χ4n) is 1.53. The van der Waals surface area contributed by atoms with Crippen molar-refractivity contribution < 1.29 is 4.42 Å². The number of anilines is 1. The van der Waals surface area contributed by atoms with Gasteiger partial charge in [-0.2, -0.15) is 4.98 Å². The van der Waals surface area contributed by atoms with Crippen LogP contribution in [0.2, 0.25) is 5.02 Å². The number of benzene rings is 1. The molecule has 0 amide bonds. The van der Waals surface area contributed by atoms with Crippen LogP contribution in [0.1, 0.15) is 20.8 Å². The van der Waals surface area contributed by atoms with Crippen LogP contribution in [-0.4, -0.2) is 10.5 Å². The second kappa shape index (κ2) is 5.05. The molecule has 1 N–H and O–H groups in total. The average molecular weight is 279 g/mol. The lowest BCUT2D eigenvalue weighted by molar-refractivity contribution is 0.517. The van der Waals surface area contributed by atoms with E-state index >= 15 is 0 Å². The quantitative estimate of drug-likeness (QED) is 0.912. The monoisotopic (exact) mass is 278 g/mol. The van der Waals surface area contributed by atoms with E-state index < -0.39 is 0 Å². The number of hydrogen-bond acceptors (Lipinski definition) is 4. The van der Waals surface area contributed by atoms with Crippen molar-refractivity contribution in [3.8, 4) is 11.3 Å². The zero-order valence-electron chi connectivity index (χ0n) is 11.0. The van der Waals surface area contributed by atoms with Gasteiger partial charge in [-0.1, -0.05) is 11.6 Å². The zero-order chi connectivity index (χ0) is 14.0. The van der Waals surface area contributed by atoms with Crippen molar-refractivity contribution in [2.45, 2.75) is 26.3 Å². The summed E-state index contributed by atoms with van der Waals surface area (Å²) in [5, 5.41) is 3.67. The van der Waals surface area contributed by atoms with Crippen LogP contribution in [-0.2, 0) is 0 Å². The number of aromatic nitrogens is 1. The third-order valence-electron chi connectivity index (χ3n) is 2.28. The Morgan fingerprint density at radius 3 is 2.42 bits per heavy atom. The standard InChI is InChI=1S/C14H15ClN2O2/c1-14(2,3)17-13-16-12(18)8-11(19-13)9-4-6-10(15)7-5-9/h4-8H,1-3H3,(H,16,17,18). The van der Waals surface area contributed by atoms with Gasteiger partial charge >= 0.3 is 0 Å². The van der Waals surface area contributed by atoms with Gasteiger partial charge in [0, 0.05) is 22.2 Å². The number of halogens is 1. The molecular weight excluding hydrogens is 264 g/mol. The van der Waals surface area contributed by atoms with Crippen LogP contribution in [0, 0.1) is 0 Å². The molecule has 0 aliphatic rings. The molecule has 0 fully saturated rings. The number of hydrogen-bond donors (Lipinski definition) is 1. The fraction of sp³-hybridized carbons (Fsp3) is 0.286. The maximum absolute atomic E-state index is 11.6. The second-order valence-corrected chi connectivity index (χ2v) is 5.68. The van der Waals surface area contributed by atoms with E-state index in [1.807, 2.05) is 20.8 Å². The average Bonchev–Trinajstić information content (AvgIpc) is 2.26. The van der Waals surface area contributed by atoms with Gasteiger partial charge in [-0.25, -0.2) is 0 Å². The summed E-state index contributed by atoms with van der Waals surface area (Å²) in [6.07, 6.45) is 0. The molecule has 4 nitrogen and oxygen atoms in total. The molecule has 1 aromatic carbocycles. The molecule has 0 saturated carbocycles. The third kappa shape index (κ3) is 3.83. The van der Waals surface area contributed by atoms with E-state index in [1.54, 1.807) is 24.3 Å². The number of rotatable bonds is 2. The van der Waals surface area contributed by atoms with Crippen molar-refractivity contribution in [2.75, 3.05) is 5.32 Å². The molecule has 2 rings (SSSR count). The van der Waals surface area contributed by atoms with Crippen LogP contribution in [0.3, 0.4) is 0 Å². The first-order chi connectivity index (χ1) is 8.83. The summed E-state index contributed by atoms with van der Waals surface area (Å²) < 4.78 is 5.59. The van der Waals surface area contributed by atoms with Crippen LogP contribution in [0.5, 0.6) is 0 Å². The van der Waals surface area contributed by atoms with Crippen LogP contribution >= 0.6 is 11.6 Å². The normalized spacial score (nSPS) is 11.4. The Morgan fingerprint density at radius 1 is 1.21 bits per heavy atom.